The van der Waals surface area contributed by atoms with Crippen LogP contribution >= 0.6 is 0 Å². The van der Waals surface area contributed by atoms with Crippen LogP contribution in [-0.2, 0) is 0 Å². The molecular formula is C14H18N4. The molecule has 2 aromatic rings. The molecule has 1 aliphatic carbocycles. The molecule has 0 unspecified atom stereocenters. The largest absolute Gasteiger partial charge is 0.381 e. The third-order valence-corrected chi connectivity index (χ3v) is 3.49. The molecule has 1 N–H and O–H groups in total. The number of rotatable bonds is 3. The summed E-state index contributed by atoms with van der Waals surface area (Å²) in [4.78, 5) is 8.47. The molecular weight excluding hydrogens is 224 g/mol. The fraction of sp³-hybridized carbons (Fsp3) is 0.429. The quantitative estimate of drug-likeness (QED) is 0.899. The molecule has 0 radical (unpaired) electrons. The molecule has 3 rings (SSSR count). The van der Waals surface area contributed by atoms with Gasteiger partial charge in [-0.25, -0.2) is 9.97 Å². The van der Waals surface area contributed by atoms with Gasteiger partial charge in [0.2, 0.25) is 0 Å². The number of hydrogen-bond donors (Lipinski definition) is 1. The van der Waals surface area contributed by atoms with Crippen molar-refractivity contribution in [2.24, 2.45) is 0 Å². The molecule has 0 amide bonds. The van der Waals surface area contributed by atoms with E-state index >= 15 is 0 Å². The molecule has 1 aliphatic rings. The minimum atomic E-state index is 0.625. The summed E-state index contributed by atoms with van der Waals surface area (Å²) in [6, 6.07) is 4.74. The van der Waals surface area contributed by atoms with Crippen LogP contribution in [0.4, 0.5) is 5.69 Å². The molecule has 18 heavy (non-hydrogen) atoms. The minimum Gasteiger partial charge on any atom is -0.381 e. The molecule has 4 heteroatoms. The van der Waals surface area contributed by atoms with Gasteiger partial charge in [-0.1, -0.05) is 19.3 Å². The molecule has 0 bridgehead atoms. The fourth-order valence-corrected chi connectivity index (χ4v) is 2.50. The first kappa shape index (κ1) is 11.3. The van der Waals surface area contributed by atoms with E-state index in [0.29, 0.717) is 6.04 Å². The van der Waals surface area contributed by atoms with E-state index in [-0.39, 0.29) is 0 Å². The van der Waals surface area contributed by atoms with Gasteiger partial charge in [0.05, 0.1) is 11.9 Å². The van der Waals surface area contributed by atoms with Crippen molar-refractivity contribution < 1.29 is 0 Å². The average Bonchev–Trinajstić information content (AvgIpc) is 2.95. The highest BCUT2D eigenvalue weighted by atomic mass is 15.1. The molecule has 2 aromatic heterocycles. The lowest BCUT2D eigenvalue weighted by Gasteiger charge is -2.23. The minimum absolute atomic E-state index is 0.625. The summed E-state index contributed by atoms with van der Waals surface area (Å²) in [7, 11) is 0. The third-order valence-electron chi connectivity index (χ3n) is 3.49. The van der Waals surface area contributed by atoms with E-state index in [9.17, 15) is 0 Å². The summed E-state index contributed by atoms with van der Waals surface area (Å²) >= 11 is 0. The van der Waals surface area contributed by atoms with Gasteiger partial charge >= 0.3 is 0 Å². The predicted octanol–water partition coefficient (Wildman–Crippen LogP) is 3.01. The number of anilines is 1. The van der Waals surface area contributed by atoms with Crippen molar-refractivity contribution in [3.05, 3.63) is 37.1 Å². The Kier molecular flexibility index (Phi) is 3.26. The molecule has 94 valence electrons. The molecule has 0 aliphatic heterocycles. The van der Waals surface area contributed by atoms with Crippen LogP contribution in [0.25, 0.3) is 5.82 Å². The monoisotopic (exact) mass is 242 g/mol. The van der Waals surface area contributed by atoms with Crippen molar-refractivity contribution in [3.8, 4) is 5.82 Å². The van der Waals surface area contributed by atoms with Crippen LogP contribution in [0.3, 0.4) is 0 Å². The Bertz CT molecular complexity index is 469. The van der Waals surface area contributed by atoms with Gasteiger partial charge in [-0.05, 0) is 25.0 Å². The second-order valence-electron chi connectivity index (χ2n) is 4.85. The summed E-state index contributed by atoms with van der Waals surface area (Å²) in [5.41, 5.74) is 1.12. The SMILES string of the molecule is c1cn(-c2ccc(NC3CCCCC3)cn2)cn1. The van der Waals surface area contributed by atoms with Crippen LogP contribution in [-0.4, -0.2) is 20.6 Å². The van der Waals surface area contributed by atoms with Crippen molar-refractivity contribution in [1.29, 1.82) is 0 Å². The number of imidazole rings is 1. The number of aromatic nitrogens is 3. The van der Waals surface area contributed by atoms with Gasteiger partial charge in [0.1, 0.15) is 12.1 Å². The molecule has 2 heterocycles. The molecule has 0 saturated heterocycles. The van der Waals surface area contributed by atoms with Gasteiger partial charge < -0.3 is 5.32 Å². The normalized spacial score (nSPS) is 16.7. The first-order valence-electron chi connectivity index (χ1n) is 6.63. The highest BCUT2D eigenvalue weighted by Gasteiger charge is 2.12. The first-order valence-corrected chi connectivity index (χ1v) is 6.63. The maximum Gasteiger partial charge on any atom is 0.137 e. The first-order chi connectivity index (χ1) is 8.92. The summed E-state index contributed by atoms with van der Waals surface area (Å²) in [5.74, 6) is 0.904. The van der Waals surface area contributed by atoms with Crippen molar-refractivity contribution in [2.45, 2.75) is 38.1 Å². The predicted molar refractivity (Wildman–Crippen MR) is 71.9 cm³/mol. The summed E-state index contributed by atoms with van der Waals surface area (Å²) in [5, 5.41) is 3.57. The zero-order valence-electron chi connectivity index (χ0n) is 10.4. The van der Waals surface area contributed by atoms with Crippen molar-refractivity contribution >= 4 is 5.69 Å². The van der Waals surface area contributed by atoms with Crippen molar-refractivity contribution in [2.75, 3.05) is 5.32 Å². The van der Waals surface area contributed by atoms with Gasteiger partial charge in [-0.2, -0.15) is 0 Å². The van der Waals surface area contributed by atoms with Crippen LogP contribution < -0.4 is 5.32 Å². The van der Waals surface area contributed by atoms with Gasteiger partial charge in [0.25, 0.3) is 0 Å². The van der Waals surface area contributed by atoms with Crippen LogP contribution in [0.2, 0.25) is 0 Å². The maximum atomic E-state index is 4.45. The van der Waals surface area contributed by atoms with E-state index < -0.39 is 0 Å². The van der Waals surface area contributed by atoms with Gasteiger partial charge in [-0.15, -0.1) is 0 Å². The summed E-state index contributed by atoms with van der Waals surface area (Å²) < 4.78 is 1.91. The molecule has 4 nitrogen and oxygen atoms in total. The average molecular weight is 242 g/mol. The molecule has 1 fully saturated rings. The Morgan fingerprint density at radius 1 is 1.17 bits per heavy atom. The van der Waals surface area contributed by atoms with Crippen molar-refractivity contribution in [3.63, 3.8) is 0 Å². The molecule has 1 saturated carbocycles. The lowest BCUT2D eigenvalue weighted by atomic mass is 9.95. The number of hydrogen-bond acceptors (Lipinski definition) is 3. The molecule has 0 atom stereocenters. The van der Waals surface area contributed by atoms with E-state index in [2.05, 4.69) is 21.4 Å². The highest BCUT2D eigenvalue weighted by molar-refractivity contribution is 5.44. The van der Waals surface area contributed by atoms with Crippen LogP contribution in [0.1, 0.15) is 32.1 Å². The summed E-state index contributed by atoms with van der Waals surface area (Å²) in [6.45, 7) is 0. The van der Waals surface area contributed by atoms with Crippen LogP contribution in [0.5, 0.6) is 0 Å². The Labute approximate surface area is 107 Å². The second kappa shape index (κ2) is 5.21. The smallest absolute Gasteiger partial charge is 0.137 e. The number of nitrogens with zero attached hydrogens (tertiary/aromatic N) is 3. The van der Waals surface area contributed by atoms with Gasteiger partial charge in [-0.3, -0.25) is 4.57 Å². The van der Waals surface area contributed by atoms with Gasteiger partial charge in [0.15, 0.2) is 0 Å². The van der Waals surface area contributed by atoms with E-state index in [1.165, 1.54) is 32.1 Å². The van der Waals surface area contributed by atoms with Crippen LogP contribution in [0, 0.1) is 0 Å². The number of nitrogens with one attached hydrogen (secondary N) is 1. The lowest BCUT2D eigenvalue weighted by Crippen LogP contribution is -2.22. The standard InChI is InChI=1S/C14H18N4/c1-2-4-12(5-3-1)17-13-6-7-14(16-10-13)18-9-8-15-11-18/h6-12,17H,1-5H2. The van der Waals surface area contributed by atoms with E-state index in [0.717, 1.165) is 11.5 Å². The van der Waals surface area contributed by atoms with Gasteiger partial charge in [0, 0.05) is 18.4 Å². The third kappa shape index (κ3) is 2.53. The Morgan fingerprint density at radius 2 is 2.06 bits per heavy atom. The molecule has 0 spiro atoms. The Morgan fingerprint density at radius 3 is 2.72 bits per heavy atom. The topological polar surface area (TPSA) is 42.7 Å². The summed E-state index contributed by atoms with van der Waals surface area (Å²) in [6.07, 6.45) is 14.0. The second-order valence-corrected chi connectivity index (χ2v) is 4.85. The van der Waals surface area contributed by atoms with E-state index in [1.54, 1.807) is 12.5 Å². The fourth-order valence-electron chi connectivity index (χ4n) is 2.50. The zero-order chi connectivity index (χ0) is 12.2. The van der Waals surface area contributed by atoms with E-state index in [1.807, 2.05) is 23.0 Å². The van der Waals surface area contributed by atoms with Crippen LogP contribution in [0.15, 0.2) is 37.1 Å². The van der Waals surface area contributed by atoms with E-state index in [4.69, 9.17) is 0 Å². The zero-order valence-corrected chi connectivity index (χ0v) is 10.4. The van der Waals surface area contributed by atoms with Crippen molar-refractivity contribution in [1.82, 2.24) is 14.5 Å². The maximum absolute atomic E-state index is 4.45. The lowest BCUT2D eigenvalue weighted by molar-refractivity contribution is 0.462. The Balaban J connectivity index is 1.67. The molecule has 0 aromatic carbocycles. The number of pyridine rings is 1. The highest BCUT2D eigenvalue weighted by Crippen LogP contribution is 2.21. The Hall–Kier alpha value is -1.84.